The van der Waals surface area contributed by atoms with Crippen LogP contribution in [0.3, 0.4) is 0 Å². The van der Waals surface area contributed by atoms with Crippen molar-refractivity contribution in [2.75, 3.05) is 26.2 Å². The number of aromatic nitrogens is 2. The molecule has 0 spiro atoms. The molecule has 2 aliphatic rings. The highest BCUT2D eigenvalue weighted by molar-refractivity contribution is 5.95. The Bertz CT molecular complexity index is 691. The van der Waals surface area contributed by atoms with Crippen LogP contribution in [0.4, 0.5) is 0 Å². The van der Waals surface area contributed by atoms with Gasteiger partial charge in [-0.15, -0.1) is 12.4 Å². The zero-order valence-electron chi connectivity index (χ0n) is 17.5. The molecule has 0 radical (unpaired) electrons. The zero-order chi connectivity index (χ0) is 19.6. The second-order valence-electron chi connectivity index (χ2n) is 8.88. The van der Waals surface area contributed by atoms with E-state index in [-0.39, 0.29) is 35.8 Å². The standard InChI is InChI=1S/C20H33N5O2.ClH/c1-14-16(12-23-25(14)20(2,3)4)19(27)24-10-6-7-15(13-24)11-22-18(26)17-8-5-9-21-17;/h12,15,17,21H,5-11,13H2,1-4H3,(H,22,26);1H. The van der Waals surface area contributed by atoms with Crippen LogP contribution >= 0.6 is 12.4 Å². The molecule has 28 heavy (non-hydrogen) atoms. The van der Waals surface area contributed by atoms with Gasteiger partial charge in [-0.2, -0.15) is 5.10 Å². The maximum atomic E-state index is 13.0. The van der Waals surface area contributed by atoms with Gasteiger partial charge in [-0.3, -0.25) is 14.3 Å². The van der Waals surface area contributed by atoms with Gasteiger partial charge in [-0.25, -0.2) is 0 Å². The fourth-order valence-electron chi connectivity index (χ4n) is 4.16. The quantitative estimate of drug-likeness (QED) is 0.795. The first kappa shape index (κ1) is 22.7. The van der Waals surface area contributed by atoms with Gasteiger partial charge in [-0.05, 0) is 65.8 Å². The zero-order valence-corrected chi connectivity index (χ0v) is 18.3. The van der Waals surface area contributed by atoms with Gasteiger partial charge in [0, 0.05) is 25.3 Å². The maximum Gasteiger partial charge on any atom is 0.257 e. The summed E-state index contributed by atoms with van der Waals surface area (Å²) in [5, 5.41) is 10.7. The Kier molecular flexibility index (Phi) is 7.51. The van der Waals surface area contributed by atoms with E-state index in [2.05, 4.69) is 36.5 Å². The largest absolute Gasteiger partial charge is 0.354 e. The van der Waals surface area contributed by atoms with E-state index in [1.54, 1.807) is 6.20 Å². The van der Waals surface area contributed by atoms with Gasteiger partial charge in [-0.1, -0.05) is 0 Å². The number of nitrogens with zero attached hydrogens (tertiary/aromatic N) is 3. The Labute approximate surface area is 174 Å². The average Bonchev–Trinajstić information content (AvgIpc) is 3.28. The number of hydrogen-bond acceptors (Lipinski definition) is 4. The van der Waals surface area contributed by atoms with Gasteiger partial charge >= 0.3 is 0 Å². The molecule has 0 aliphatic carbocycles. The normalized spacial score (nSPS) is 22.6. The predicted octanol–water partition coefficient (Wildman–Crippen LogP) is 2.09. The minimum absolute atomic E-state index is 0. The molecule has 2 atom stereocenters. The smallest absolute Gasteiger partial charge is 0.257 e. The highest BCUT2D eigenvalue weighted by atomic mass is 35.5. The van der Waals surface area contributed by atoms with E-state index in [1.165, 1.54) is 0 Å². The summed E-state index contributed by atoms with van der Waals surface area (Å²) >= 11 is 0. The SMILES string of the molecule is Cc1c(C(=O)N2CCCC(CNC(=O)C3CCCN3)C2)cnn1C(C)(C)C.Cl. The summed E-state index contributed by atoms with van der Waals surface area (Å²) in [7, 11) is 0. The Morgan fingerprint density at radius 3 is 2.64 bits per heavy atom. The molecule has 2 saturated heterocycles. The Morgan fingerprint density at radius 2 is 2.04 bits per heavy atom. The van der Waals surface area contributed by atoms with Crippen LogP contribution in [0.1, 0.15) is 62.5 Å². The Morgan fingerprint density at radius 1 is 1.29 bits per heavy atom. The molecular weight excluding hydrogens is 378 g/mol. The van der Waals surface area contributed by atoms with Crippen molar-refractivity contribution in [3.05, 3.63) is 17.5 Å². The van der Waals surface area contributed by atoms with Crippen LogP contribution in [0.2, 0.25) is 0 Å². The topological polar surface area (TPSA) is 79.3 Å². The van der Waals surface area contributed by atoms with Crippen molar-refractivity contribution in [3.8, 4) is 0 Å². The number of likely N-dealkylation sites (tertiary alicyclic amines) is 1. The maximum absolute atomic E-state index is 13.0. The van der Waals surface area contributed by atoms with E-state index in [9.17, 15) is 9.59 Å². The molecule has 2 fully saturated rings. The lowest BCUT2D eigenvalue weighted by Crippen LogP contribution is -2.46. The fraction of sp³-hybridized carbons (Fsp3) is 0.750. The summed E-state index contributed by atoms with van der Waals surface area (Å²) in [5.41, 5.74) is 1.45. The van der Waals surface area contributed by atoms with Crippen molar-refractivity contribution >= 4 is 24.2 Å². The summed E-state index contributed by atoms with van der Waals surface area (Å²) in [4.78, 5) is 27.2. The van der Waals surface area contributed by atoms with Crippen molar-refractivity contribution in [3.63, 3.8) is 0 Å². The molecule has 2 aliphatic heterocycles. The van der Waals surface area contributed by atoms with Gasteiger partial charge in [0.2, 0.25) is 5.91 Å². The van der Waals surface area contributed by atoms with Crippen molar-refractivity contribution < 1.29 is 9.59 Å². The van der Waals surface area contributed by atoms with Crippen molar-refractivity contribution in [1.82, 2.24) is 25.3 Å². The summed E-state index contributed by atoms with van der Waals surface area (Å²) < 4.78 is 1.91. The molecule has 2 unspecified atom stereocenters. The average molecular weight is 412 g/mol. The Hall–Kier alpha value is -1.60. The molecule has 1 aromatic rings. The molecule has 2 amide bonds. The van der Waals surface area contributed by atoms with Crippen LogP contribution in [0.15, 0.2) is 6.20 Å². The van der Waals surface area contributed by atoms with Gasteiger partial charge in [0.25, 0.3) is 5.91 Å². The van der Waals surface area contributed by atoms with Crippen LogP contribution < -0.4 is 10.6 Å². The number of carbonyl (C=O) groups excluding carboxylic acids is 2. The second kappa shape index (κ2) is 9.27. The van der Waals surface area contributed by atoms with Crippen molar-refractivity contribution in [1.29, 1.82) is 0 Å². The second-order valence-corrected chi connectivity index (χ2v) is 8.88. The lowest BCUT2D eigenvalue weighted by Gasteiger charge is -2.33. The number of nitrogens with one attached hydrogen (secondary N) is 2. The lowest BCUT2D eigenvalue weighted by atomic mass is 9.97. The van der Waals surface area contributed by atoms with E-state index in [4.69, 9.17) is 0 Å². The van der Waals surface area contributed by atoms with Gasteiger partial charge < -0.3 is 15.5 Å². The van der Waals surface area contributed by atoms with E-state index < -0.39 is 0 Å². The van der Waals surface area contributed by atoms with E-state index in [1.807, 2.05) is 16.5 Å². The third-order valence-electron chi connectivity index (χ3n) is 5.62. The highest BCUT2D eigenvalue weighted by Crippen LogP contribution is 2.22. The molecule has 3 heterocycles. The first-order chi connectivity index (χ1) is 12.8. The van der Waals surface area contributed by atoms with E-state index in [0.29, 0.717) is 24.6 Å². The molecular formula is C20H34ClN5O2. The van der Waals surface area contributed by atoms with E-state index >= 15 is 0 Å². The number of hydrogen-bond donors (Lipinski definition) is 2. The number of halogens is 1. The number of carbonyl (C=O) groups is 2. The van der Waals surface area contributed by atoms with Crippen LogP contribution in [-0.4, -0.2) is 58.7 Å². The first-order valence-corrected chi connectivity index (χ1v) is 10.1. The van der Waals surface area contributed by atoms with Crippen molar-refractivity contribution in [2.45, 2.75) is 65.0 Å². The number of amides is 2. The molecule has 2 N–H and O–H groups in total. The molecule has 0 aromatic carbocycles. The predicted molar refractivity (Wildman–Crippen MR) is 112 cm³/mol. The summed E-state index contributed by atoms with van der Waals surface area (Å²) in [6.07, 6.45) is 5.69. The molecule has 3 rings (SSSR count). The number of rotatable bonds is 4. The van der Waals surface area contributed by atoms with Gasteiger partial charge in [0.05, 0.1) is 23.3 Å². The summed E-state index contributed by atoms with van der Waals surface area (Å²) in [5.74, 6) is 0.459. The summed E-state index contributed by atoms with van der Waals surface area (Å²) in [6.45, 7) is 11.2. The molecule has 8 heteroatoms. The van der Waals surface area contributed by atoms with Crippen LogP contribution in [-0.2, 0) is 10.3 Å². The van der Waals surface area contributed by atoms with Crippen LogP contribution in [0.5, 0.6) is 0 Å². The molecule has 158 valence electrons. The molecule has 0 saturated carbocycles. The lowest BCUT2D eigenvalue weighted by molar-refractivity contribution is -0.123. The third kappa shape index (κ3) is 5.06. The minimum Gasteiger partial charge on any atom is -0.354 e. The molecule has 7 nitrogen and oxygen atoms in total. The minimum atomic E-state index is -0.147. The molecule has 0 bridgehead atoms. The van der Waals surface area contributed by atoms with Crippen molar-refractivity contribution in [2.24, 2.45) is 5.92 Å². The Balaban J connectivity index is 0.00000280. The highest BCUT2D eigenvalue weighted by Gasteiger charge is 2.29. The third-order valence-corrected chi connectivity index (χ3v) is 5.62. The summed E-state index contributed by atoms with van der Waals surface area (Å²) in [6, 6.07) is -0.0442. The monoisotopic (exact) mass is 411 g/mol. The van der Waals surface area contributed by atoms with Gasteiger partial charge in [0.15, 0.2) is 0 Å². The van der Waals surface area contributed by atoms with Gasteiger partial charge in [0.1, 0.15) is 0 Å². The first-order valence-electron chi connectivity index (χ1n) is 10.1. The van der Waals surface area contributed by atoms with E-state index in [0.717, 1.165) is 44.5 Å². The number of piperidine rings is 1. The fourth-order valence-corrected chi connectivity index (χ4v) is 4.16. The molecule has 1 aromatic heterocycles. The van der Waals surface area contributed by atoms with Crippen LogP contribution in [0, 0.1) is 12.8 Å². The van der Waals surface area contributed by atoms with Crippen LogP contribution in [0.25, 0.3) is 0 Å².